The molecule has 0 N–H and O–H groups in total. The fraction of sp³-hybridized carbons (Fsp3) is 1.00. The van der Waals surface area contributed by atoms with Gasteiger partial charge in [-0.05, 0) is 0 Å². The van der Waals surface area contributed by atoms with Crippen LogP contribution in [0.25, 0.3) is 0 Å². The molecule has 3 nitrogen and oxygen atoms in total. The first-order chi connectivity index (χ1) is 3.42. The van der Waals surface area contributed by atoms with E-state index in [-0.39, 0.29) is 0 Å². The van der Waals surface area contributed by atoms with Gasteiger partial charge in [-0.25, -0.2) is 4.39 Å². The maximum absolute atomic E-state index is 11.4. The minimum atomic E-state index is -4.48. The number of hydrogen-bond donors (Lipinski definition) is 0. The van der Waals surface area contributed by atoms with E-state index >= 15 is 0 Å². The molecule has 1 atom stereocenters. The van der Waals surface area contributed by atoms with Crippen LogP contribution in [-0.4, -0.2) is 19.8 Å². The van der Waals surface area contributed by atoms with E-state index in [1.54, 1.807) is 0 Å². The minimum absolute atomic E-state index is 1.16. The zero-order valence-corrected chi connectivity index (χ0v) is 5.25. The summed E-state index contributed by atoms with van der Waals surface area (Å²) in [6.45, 7) is 0. The summed E-state index contributed by atoms with van der Waals surface area (Å²) >= 11 is 4.52. The predicted octanol–water partition coefficient (Wildman–Crippen LogP) is 0.281. The van der Waals surface area contributed by atoms with Crippen molar-refractivity contribution in [3.05, 3.63) is 0 Å². The molecule has 1 unspecified atom stereocenters. The molecule has 0 saturated carbocycles. The average Bonchev–Trinajstić information content (AvgIpc) is 1.21. The summed E-state index contributed by atoms with van der Waals surface area (Å²) < 4.78 is 40.1. The van der Waals surface area contributed by atoms with E-state index in [2.05, 4.69) is 11.6 Å². The van der Waals surface area contributed by atoms with Gasteiger partial charge >= 0.3 is 0 Å². The molecular weight excluding hydrogens is 159 g/mol. The van der Waals surface area contributed by atoms with Crippen LogP contribution in [0.5, 0.6) is 0 Å². The van der Waals surface area contributed by atoms with Crippen LogP contribution >= 0.6 is 11.6 Å². The summed E-state index contributed by atoms with van der Waals surface area (Å²) in [6.07, 6.45) is 0. The summed E-state index contributed by atoms with van der Waals surface area (Å²) in [5.41, 5.74) is -2.09. The van der Waals surface area contributed by atoms with E-state index in [4.69, 9.17) is 0 Å². The summed E-state index contributed by atoms with van der Waals surface area (Å²) in [6, 6.07) is 0. The molecule has 8 heavy (non-hydrogen) atoms. The van der Waals surface area contributed by atoms with Crippen molar-refractivity contribution in [1.82, 2.24) is 0 Å². The summed E-state index contributed by atoms with van der Waals surface area (Å²) in [4.78, 5) is 0. The maximum atomic E-state index is 11.4. The third kappa shape index (κ3) is 6.13. The fourth-order valence-corrected chi connectivity index (χ4v) is 0.926. The Morgan fingerprint density at radius 1 is 1.62 bits per heavy atom. The highest BCUT2D eigenvalue weighted by atomic mass is 35.5. The van der Waals surface area contributed by atoms with Crippen LogP contribution in [0.15, 0.2) is 0 Å². The molecule has 0 spiro atoms. The highest BCUT2D eigenvalue weighted by Gasteiger charge is 2.13. The highest BCUT2D eigenvalue weighted by molar-refractivity contribution is 7.85. The number of rotatable bonds is 2. The van der Waals surface area contributed by atoms with Gasteiger partial charge in [0.15, 0.2) is 5.63 Å². The van der Waals surface area contributed by atoms with Gasteiger partial charge in [-0.15, -0.1) is 0 Å². The van der Waals surface area contributed by atoms with E-state index in [9.17, 15) is 17.4 Å². The van der Waals surface area contributed by atoms with Gasteiger partial charge in [0.2, 0.25) is 0 Å². The maximum Gasteiger partial charge on any atom is 0.298 e. The van der Waals surface area contributed by atoms with Crippen LogP contribution in [0.1, 0.15) is 0 Å². The molecule has 1 radical (unpaired) electrons. The molecule has 6 heteroatoms. The molecule has 0 rings (SSSR count). The first kappa shape index (κ1) is 8.13. The second kappa shape index (κ2) is 2.61. The molecule has 0 aliphatic heterocycles. The van der Waals surface area contributed by atoms with Gasteiger partial charge in [-0.3, -0.25) is 0 Å². The molecule has 0 aromatic carbocycles. The lowest BCUT2D eigenvalue weighted by Gasteiger charge is -1.89. The van der Waals surface area contributed by atoms with Crippen molar-refractivity contribution < 1.29 is 17.4 Å². The quantitative estimate of drug-likeness (QED) is 0.547. The summed E-state index contributed by atoms with van der Waals surface area (Å²) in [5, 5.41) is 0. The molecule has 0 fully saturated rings. The molecule has 0 aliphatic rings. The Morgan fingerprint density at radius 2 is 2.00 bits per heavy atom. The van der Waals surface area contributed by atoms with Gasteiger partial charge in [0.1, 0.15) is 5.75 Å². The van der Waals surface area contributed by atoms with Crippen LogP contribution in [0, 0.1) is 0 Å². The lowest BCUT2D eigenvalue weighted by atomic mass is 10.9. The fourth-order valence-electron chi connectivity index (χ4n) is 0.154. The van der Waals surface area contributed by atoms with Crippen molar-refractivity contribution in [2.75, 3.05) is 5.75 Å². The molecular formula is C2H3ClFO3S. The Hall–Kier alpha value is 0.130. The van der Waals surface area contributed by atoms with Gasteiger partial charge < -0.3 is 0 Å². The van der Waals surface area contributed by atoms with Crippen LogP contribution in [0.4, 0.5) is 4.39 Å². The molecule has 0 bridgehead atoms. The zero-order valence-electron chi connectivity index (χ0n) is 3.67. The molecule has 0 aliphatic carbocycles. The molecule has 0 amide bonds. The number of hydrogen-bond acceptors (Lipinski definition) is 2. The van der Waals surface area contributed by atoms with Gasteiger partial charge in [0, 0.05) is 0 Å². The second-order valence-corrected chi connectivity index (χ2v) is 3.04. The van der Waals surface area contributed by atoms with Crippen LogP contribution in [-0.2, 0) is 14.7 Å². The van der Waals surface area contributed by atoms with E-state index < -0.39 is 21.5 Å². The molecule has 49 valence electrons. The van der Waals surface area contributed by atoms with Crippen molar-refractivity contribution in [3.63, 3.8) is 0 Å². The number of alkyl halides is 2. The van der Waals surface area contributed by atoms with E-state index in [0.29, 0.717) is 0 Å². The first-order valence-corrected chi connectivity index (χ1v) is 3.65. The van der Waals surface area contributed by atoms with Gasteiger partial charge in [0.25, 0.3) is 10.1 Å². The van der Waals surface area contributed by atoms with Crippen LogP contribution in [0.2, 0.25) is 0 Å². The van der Waals surface area contributed by atoms with Crippen molar-refractivity contribution in [2.45, 2.75) is 5.63 Å². The molecule has 0 heterocycles. The van der Waals surface area contributed by atoms with E-state index in [1.165, 1.54) is 0 Å². The summed E-state index contributed by atoms with van der Waals surface area (Å²) in [5.74, 6) is -1.16. The van der Waals surface area contributed by atoms with E-state index in [0.717, 1.165) is 0 Å². The van der Waals surface area contributed by atoms with Crippen molar-refractivity contribution in [2.24, 2.45) is 0 Å². The standard InChI is InChI=1S/C2H3ClFO3S/c3-2(4)1-8(5,6)7/h2H,1H2. The number of halogens is 2. The lowest BCUT2D eigenvalue weighted by molar-refractivity contribution is 0.395. The minimum Gasteiger partial charge on any atom is -0.229 e. The second-order valence-electron chi connectivity index (χ2n) is 1.12. The van der Waals surface area contributed by atoms with Crippen molar-refractivity contribution >= 4 is 21.7 Å². The Labute approximate surface area is 51.2 Å². The zero-order chi connectivity index (χ0) is 6.78. The Bertz CT molecular complexity index is 151. The molecule has 0 saturated heterocycles. The Kier molecular flexibility index (Phi) is 2.65. The third-order valence-electron chi connectivity index (χ3n) is 0.330. The monoisotopic (exact) mass is 161 g/mol. The van der Waals surface area contributed by atoms with Crippen molar-refractivity contribution in [3.8, 4) is 0 Å². The highest BCUT2D eigenvalue weighted by Crippen LogP contribution is 1.99. The summed E-state index contributed by atoms with van der Waals surface area (Å²) in [7, 11) is -4.48. The first-order valence-electron chi connectivity index (χ1n) is 1.63. The lowest BCUT2D eigenvalue weighted by Crippen LogP contribution is -2.09. The van der Waals surface area contributed by atoms with Crippen LogP contribution in [0.3, 0.4) is 0 Å². The van der Waals surface area contributed by atoms with Gasteiger partial charge in [0.05, 0.1) is 0 Å². The van der Waals surface area contributed by atoms with E-state index in [1.807, 2.05) is 0 Å². The predicted molar refractivity (Wildman–Crippen MR) is 25.2 cm³/mol. The largest absolute Gasteiger partial charge is 0.298 e. The topological polar surface area (TPSA) is 54.0 Å². The normalized spacial score (nSPS) is 15.9. The molecule has 0 aromatic rings. The Balaban J connectivity index is 3.75. The third-order valence-corrected chi connectivity index (χ3v) is 1.37. The van der Waals surface area contributed by atoms with Crippen molar-refractivity contribution in [1.29, 1.82) is 0 Å². The SMILES string of the molecule is [O]S(=O)(=O)CC(F)Cl. The van der Waals surface area contributed by atoms with Crippen LogP contribution < -0.4 is 0 Å². The average molecular weight is 162 g/mol. The smallest absolute Gasteiger partial charge is 0.229 e. The van der Waals surface area contributed by atoms with Gasteiger partial charge in [-0.1, -0.05) is 16.2 Å². The molecule has 0 aromatic heterocycles. The Morgan fingerprint density at radius 3 is 2.00 bits per heavy atom. The van der Waals surface area contributed by atoms with Gasteiger partial charge in [-0.2, -0.15) is 8.42 Å².